The van der Waals surface area contributed by atoms with E-state index >= 15 is 0 Å². The largest absolute Gasteiger partial charge is 0.422 e. The van der Waals surface area contributed by atoms with E-state index in [0.717, 1.165) is 27.8 Å². The molecule has 2 amide bonds. The molecule has 0 aliphatic carbocycles. The van der Waals surface area contributed by atoms with Crippen molar-refractivity contribution in [2.45, 2.75) is 20.3 Å². The number of hydrogen-bond acceptors (Lipinski definition) is 7. The molecule has 1 heterocycles. The first kappa shape index (κ1) is 23.2. The third kappa shape index (κ3) is 5.42. The second kappa shape index (κ2) is 10.2. The highest BCUT2D eigenvalue weighted by Crippen LogP contribution is 2.29. The van der Waals surface area contributed by atoms with Crippen LogP contribution in [0.5, 0.6) is 5.75 Å². The first-order valence-electron chi connectivity index (χ1n) is 9.96. The van der Waals surface area contributed by atoms with Crippen LogP contribution in [-0.2, 0) is 11.2 Å². The van der Waals surface area contributed by atoms with Crippen LogP contribution in [0.25, 0.3) is 11.0 Å². The van der Waals surface area contributed by atoms with E-state index in [1.165, 1.54) is 19.0 Å². The Labute approximate surface area is 189 Å². The van der Waals surface area contributed by atoms with E-state index in [2.05, 4.69) is 15.4 Å². The van der Waals surface area contributed by atoms with E-state index in [1.54, 1.807) is 13.1 Å². The Hall–Kier alpha value is -3.46. The van der Waals surface area contributed by atoms with Gasteiger partial charge in [-0.1, -0.05) is 12.1 Å². The molecule has 3 rings (SSSR count). The van der Waals surface area contributed by atoms with Crippen molar-refractivity contribution >= 4 is 40.6 Å². The summed E-state index contributed by atoms with van der Waals surface area (Å²) in [5.41, 5.74) is 3.83. The van der Waals surface area contributed by atoms with Crippen molar-refractivity contribution in [2.24, 2.45) is 0 Å². The van der Waals surface area contributed by atoms with Crippen LogP contribution in [0, 0.1) is 13.8 Å². The molecule has 0 bridgehead atoms. The minimum Gasteiger partial charge on any atom is -0.422 e. The smallest absolute Gasteiger partial charge is 0.412 e. The van der Waals surface area contributed by atoms with E-state index in [-0.39, 0.29) is 5.91 Å². The number of hydrogen-bond donors (Lipinski definition) is 3. The SMILES string of the molecule is CNC(=O)CSNc1cccc(Cc2c(C)c3cc(C)c(OC(=O)NC)cc3oc2=O)c1. The maximum Gasteiger partial charge on any atom is 0.412 e. The maximum atomic E-state index is 12.7. The summed E-state index contributed by atoms with van der Waals surface area (Å²) in [6, 6.07) is 11.1. The van der Waals surface area contributed by atoms with Crippen LogP contribution in [0.4, 0.5) is 10.5 Å². The summed E-state index contributed by atoms with van der Waals surface area (Å²) in [6.45, 7) is 3.71. The fourth-order valence-corrected chi connectivity index (χ4v) is 3.84. The van der Waals surface area contributed by atoms with Crippen LogP contribution in [-0.4, -0.2) is 31.8 Å². The van der Waals surface area contributed by atoms with Gasteiger partial charge < -0.3 is 24.5 Å². The third-order valence-electron chi connectivity index (χ3n) is 4.97. The summed E-state index contributed by atoms with van der Waals surface area (Å²) in [5, 5.41) is 5.75. The lowest BCUT2D eigenvalue weighted by molar-refractivity contribution is -0.118. The van der Waals surface area contributed by atoms with E-state index < -0.39 is 11.7 Å². The molecule has 0 fully saturated rings. The molecular formula is C23H25N3O5S. The van der Waals surface area contributed by atoms with Crippen LogP contribution < -0.4 is 25.7 Å². The van der Waals surface area contributed by atoms with Crippen molar-refractivity contribution in [1.29, 1.82) is 0 Å². The molecular weight excluding hydrogens is 430 g/mol. The molecule has 1 aromatic heterocycles. The standard InChI is InChI=1S/C23H25N3O5S/c1-13-8-17-14(2)18(22(28)30-20(17)11-19(13)31-23(29)25-4)10-15-6-5-7-16(9-15)26-32-12-21(27)24-3/h5-9,11,26H,10,12H2,1-4H3,(H,24,27)(H,25,29). The zero-order chi connectivity index (χ0) is 23.3. The molecule has 0 radical (unpaired) electrons. The van der Waals surface area contributed by atoms with Gasteiger partial charge in [-0.15, -0.1) is 0 Å². The third-order valence-corrected chi connectivity index (χ3v) is 5.76. The summed E-state index contributed by atoms with van der Waals surface area (Å²) >= 11 is 1.29. The number of amides is 2. The Balaban J connectivity index is 1.87. The Bertz CT molecular complexity index is 1220. The Kier molecular flexibility index (Phi) is 7.42. The van der Waals surface area contributed by atoms with Gasteiger partial charge in [-0.2, -0.15) is 0 Å². The zero-order valence-electron chi connectivity index (χ0n) is 18.3. The number of aryl methyl sites for hydroxylation is 2. The molecule has 0 unspecified atom stereocenters. The summed E-state index contributed by atoms with van der Waals surface area (Å²) < 4.78 is 13.9. The minimum atomic E-state index is -0.592. The fraction of sp³-hybridized carbons (Fsp3) is 0.261. The van der Waals surface area contributed by atoms with Crippen LogP contribution in [0.15, 0.2) is 45.6 Å². The van der Waals surface area contributed by atoms with Gasteiger partial charge in [0.25, 0.3) is 0 Å². The normalized spacial score (nSPS) is 10.6. The Morgan fingerprint density at radius 1 is 1.09 bits per heavy atom. The van der Waals surface area contributed by atoms with Crippen molar-refractivity contribution in [3.63, 3.8) is 0 Å². The molecule has 0 atom stereocenters. The molecule has 0 saturated heterocycles. The van der Waals surface area contributed by atoms with Crippen LogP contribution >= 0.6 is 11.9 Å². The molecule has 3 N–H and O–H groups in total. The summed E-state index contributed by atoms with van der Waals surface area (Å²) in [6.07, 6.45) is -0.194. The molecule has 0 spiro atoms. The lowest BCUT2D eigenvalue weighted by Crippen LogP contribution is -2.22. The summed E-state index contributed by atoms with van der Waals surface area (Å²) in [4.78, 5) is 35.7. The number of nitrogens with one attached hydrogen (secondary N) is 3. The van der Waals surface area contributed by atoms with Crippen molar-refractivity contribution < 1.29 is 18.7 Å². The van der Waals surface area contributed by atoms with Gasteiger partial charge in [0, 0.05) is 43.2 Å². The van der Waals surface area contributed by atoms with Crippen molar-refractivity contribution in [3.8, 4) is 5.75 Å². The van der Waals surface area contributed by atoms with E-state index in [1.807, 2.05) is 44.2 Å². The molecule has 32 heavy (non-hydrogen) atoms. The minimum absolute atomic E-state index is 0.0674. The number of anilines is 1. The molecule has 3 aromatic rings. The number of benzene rings is 2. The highest BCUT2D eigenvalue weighted by molar-refractivity contribution is 8.01. The van der Waals surface area contributed by atoms with Gasteiger partial charge in [0.15, 0.2) is 0 Å². The van der Waals surface area contributed by atoms with Gasteiger partial charge in [0.1, 0.15) is 11.3 Å². The van der Waals surface area contributed by atoms with Crippen molar-refractivity contribution in [2.75, 3.05) is 24.6 Å². The lowest BCUT2D eigenvalue weighted by Gasteiger charge is -2.12. The average Bonchev–Trinajstić information content (AvgIpc) is 2.78. The van der Waals surface area contributed by atoms with Gasteiger partial charge in [-0.05, 0) is 60.7 Å². The number of fused-ring (bicyclic) bond motifs is 1. The first-order valence-corrected chi connectivity index (χ1v) is 10.9. The number of carbonyl (C=O) groups is 2. The predicted molar refractivity (Wildman–Crippen MR) is 126 cm³/mol. The van der Waals surface area contributed by atoms with Gasteiger partial charge in [-0.25, -0.2) is 9.59 Å². The molecule has 2 aromatic carbocycles. The van der Waals surface area contributed by atoms with Gasteiger partial charge >= 0.3 is 11.7 Å². The lowest BCUT2D eigenvalue weighted by atomic mass is 9.98. The second-order valence-corrected chi connectivity index (χ2v) is 7.97. The van der Waals surface area contributed by atoms with Crippen molar-refractivity contribution in [3.05, 3.63) is 69.1 Å². The predicted octanol–water partition coefficient (Wildman–Crippen LogP) is 3.52. The van der Waals surface area contributed by atoms with E-state index in [0.29, 0.717) is 29.1 Å². The quantitative estimate of drug-likeness (QED) is 0.369. The first-order chi connectivity index (χ1) is 15.3. The van der Waals surface area contributed by atoms with Crippen LogP contribution in [0.3, 0.4) is 0 Å². The molecule has 168 valence electrons. The number of ether oxygens (including phenoxy) is 1. The Morgan fingerprint density at radius 3 is 2.59 bits per heavy atom. The molecule has 0 saturated carbocycles. The molecule has 0 aliphatic rings. The number of carbonyl (C=O) groups excluding carboxylic acids is 2. The second-order valence-electron chi connectivity index (χ2n) is 7.19. The van der Waals surface area contributed by atoms with Crippen molar-refractivity contribution in [1.82, 2.24) is 10.6 Å². The van der Waals surface area contributed by atoms with Crippen LogP contribution in [0.2, 0.25) is 0 Å². The van der Waals surface area contributed by atoms with Gasteiger partial charge in [0.05, 0.1) is 5.75 Å². The van der Waals surface area contributed by atoms with E-state index in [9.17, 15) is 14.4 Å². The van der Waals surface area contributed by atoms with Crippen LogP contribution in [0.1, 0.15) is 22.3 Å². The van der Waals surface area contributed by atoms with Gasteiger partial charge in [-0.3, -0.25) is 4.79 Å². The highest BCUT2D eigenvalue weighted by atomic mass is 32.2. The topological polar surface area (TPSA) is 110 Å². The Morgan fingerprint density at radius 2 is 1.88 bits per heavy atom. The fourth-order valence-electron chi connectivity index (χ4n) is 3.20. The average molecular weight is 456 g/mol. The maximum absolute atomic E-state index is 12.7. The summed E-state index contributed by atoms with van der Waals surface area (Å²) in [7, 11) is 3.07. The monoisotopic (exact) mass is 455 g/mol. The van der Waals surface area contributed by atoms with E-state index in [4.69, 9.17) is 9.15 Å². The van der Waals surface area contributed by atoms with Gasteiger partial charge in [0.2, 0.25) is 5.91 Å². The molecule has 8 nitrogen and oxygen atoms in total. The summed E-state index contributed by atoms with van der Waals surface area (Å²) in [5.74, 6) is 0.557. The molecule has 0 aliphatic heterocycles. The zero-order valence-corrected chi connectivity index (χ0v) is 19.1. The highest BCUT2D eigenvalue weighted by Gasteiger charge is 2.15. The molecule has 9 heteroatoms. The number of rotatable bonds is 7.